The molecule has 1 aromatic heterocycles. The molecule has 1 amide bonds. The third kappa shape index (κ3) is 3.65. The van der Waals surface area contributed by atoms with Crippen molar-refractivity contribution in [1.82, 2.24) is 14.3 Å². The molecule has 0 aliphatic rings. The number of imidazole rings is 1. The quantitative estimate of drug-likeness (QED) is 0.723. The van der Waals surface area contributed by atoms with Gasteiger partial charge < -0.3 is 4.57 Å². The first-order chi connectivity index (χ1) is 13.1. The maximum absolute atomic E-state index is 14.0. The number of hydrogen-bond donors (Lipinski definition) is 1. The molecule has 3 aromatic rings. The lowest BCUT2D eigenvalue weighted by Crippen LogP contribution is -2.31. The number of rotatable bonds is 4. The van der Waals surface area contributed by atoms with Crippen molar-refractivity contribution in [3.8, 4) is 11.4 Å². The fourth-order valence-corrected chi connectivity index (χ4v) is 4.04. The molecule has 0 atom stereocenters. The van der Waals surface area contributed by atoms with Crippen LogP contribution in [-0.4, -0.2) is 23.9 Å². The number of benzene rings is 2. The number of nitrogens with one attached hydrogen (secondary N) is 1. The predicted octanol–water partition coefficient (Wildman–Crippen LogP) is 3.10. The van der Waals surface area contributed by atoms with E-state index in [2.05, 4.69) is 4.98 Å². The van der Waals surface area contributed by atoms with Gasteiger partial charge in [-0.05, 0) is 37.6 Å². The van der Waals surface area contributed by atoms with Crippen LogP contribution in [0.3, 0.4) is 0 Å². The first-order valence-electron chi connectivity index (χ1n) is 8.22. The molecule has 9 heteroatoms. The number of aryl methyl sites for hydroxylation is 3. The fourth-order valence-electron chi connectivity index (χ4n) is 2.85. The van der Waals surface area contributed by atoms with E-state index in [1.165, 1.54) is 29.9 Å². The Balaban J connectivity index is 1.94. The van der Waals surface area contributed by atoms with Crippen molar-refractivity contribution < 1.29 is 22.0 Å². The van der Waals surface area contributed by atoms with Crippen LogP contribution < -0.4 is 4.72 Å². The number of carbonyl (C=O) groups is 1. The van der Waals surface area contributed by atoms with Crippen LogP contribution in [0.15, 0.2) is 47.5 Å². The van der Waals surface area contributed by atoms with E-state index in [0.29, 0.717) is 5.56 Å². The van der Waals surface area contributed by atoms with Crippen molar-refractivity contribution in [1.29, 1.82) is 0 Å². The molecule has 0 saturated heterocycles. The van der Waals surface area contributed by atoms with Crippen LogP contribution >= 0.6 is 0 Å². The number of amides is 1. The van der Waals surface area contributed by atoms with Crippen LogP contribution in [0.1, 0.15) is 21.6 Å². The van der Waals surface area contributed by atoms with Crippen LogP contribution in [0.25, 0.3) is 11.4 Å². The SMILES string of the molecule is Cc1ccc(S(=O)(=O)NC(=O)c2cn(C)c(-c3c(F)cccc3F)n2)c(C)c1. The van der Waals surface area contributed by atoms with Crippen molar-refractivity contribution in [3.63, 3.8) is 0 Å². The van der Waals surface area contributed by atoms with Crippen LogP contribution in [0.4, 0.5) is 8.78 Å². The molecule has 0 spiro atoms. The van der Waals surface area contributed by atoms with Crippen LogP contribution in [0.2, 0.25) is 0 Å². The third-order valence-electron chi connectivity index (χ3n) is 4.14. The molecule has 0 saturated carbocycles. The van der Waals surface area contributed by atoms with Gasteiger partial charge in [0.2, 0.25) is 0 Å². The smallest absolute Gasteiger partial charge is 0.285 e. The van der Waals surface area contributed by atoms with E-state index in [1.807, 2.05) is 11.6 Å². The molecule has 2 aromatic carbocycles. The van der Waals surface area contributed by atoms with Gasteiger partial charge in [-0.2, -0.15) is 0 Å². The largest absolute Gasteiger partial charge is 0.333 e. The second-order valence-electron chi connectivity index (χ2n) is 6.36. The lowest BCUT2D eigenvalue weighted by Gasteiger charge is -2.09. The highest BCUT2D eigenvalue weighted by atomic mass is 32.2. The number of hydrogen-bond acceptors (Lipinski definition) is 4. The Hall–Kier alpha value is -3.07. The van der Waals surface area contributed by atoms with Gasteiger partial charge in [0.25, 0.3) is 15.9 Å². The summed E-state index contributed by atoms with van der Waals surface area (Å²) in [5.41, 5.74) is 0.675. The van der Waals surface area contributed by atoms with E-state index in [1.54, 1.807) is 19.1 Å². The Kier molecular flexibility index (Phi) is 5.03. The highest BCUT2D eigenvalue weighted by molar-refractivity contribution is 7.90. The van der Waals surface area contributed by atoms with Gasteiger partial charge in [0.15, 0.2) is 0 Å². The van der Waals surface area contributed by atoms with E-state index in [9.17, 15) is 22.0 Å². The average molecular weight is 405 g/mol. The molecular formula is C19H17F2N3O3S. The maximum Gasteiger partial charge on any atom is 0.285 e. The van der Waals surface area contributed by atoms with Gasteiger partial charge in [0.05, 0.1) is 10.5 Å². The van der Waals surface area contributed by atoms with Crippen LogP contribution in [0.5, 0.6) is 0 Å². The van der Waals surface area contributed by atoms with E-state index in [4.69, 9.17) is 0 Å². The maximum atomic E-state index is 14.0. The standard InChI is InChI=1S/C19H17F2N3O3S/c1-11-7-8-16(12(2)9-11)28(26,27)23-19(25)15-10-24(3)18(22-15)17-13(20)5-4-6-14(17)21/h4-10H,1-3H3,(H,23,25). The van der Waals surface area contributed by atoms with E-state index in [0.717, 1.165) is 17.7 Å². The molecule has 6 nitrogen and oxygen atoms in total. The lowest BCUT2D eigenvalue weighted by atomic mass is 10.2. The van der Waals surface area contributed by atoms with Crippen molar-refractivity contribution in [2.75, 3.05) is 0 Å². The Labute approximate surface area is 160 Å². The van der Waals surface area contributed by atoms with Gasteiger partial charge in [0, 0.05) is 13.2 Å². The first-order valence-corrected chi connectivity index (χ1v) is 9.70. The summed E-state index contributed by atoms with van der Waals surface area (Å²) in [7, 11) is -2.69. The zero-order valence-electron chi connectivity index (χ0n) is 15.3. The van der Waals surface area contributed by atoms with E-state index >= 15 is 0 Å². The van der Waals surface area contributed by atoms with E-state index < -0.39 is 33.1 Å². The summed E-state index contributed by atoms with van der Waals surface area (Å²) in [4.78, 5) is 16.3. The fraction of sp³-hybridized carbons (Fsp3) is 0.158. The van der Waals surface area contributed by atoms with Gasteiger partial charge in [-0.15, -0.1) is 0 Å². The van der Waals surface area contributed by atoms with Gasteiger partial charge >= 0.3 is 0 Å². The molecule has 0 unspecified atom stereocenters. The Morgan fingerprint density at radius 1 is 1.11 bits per heavy atom. The molecule has 0 radical (unpaired) electrons. The molecule has 0 fully saturated rings. The van der Waals surface area contributed by atoms with Crippen molar-refractivity contribution >= 4 is 15.9 Å². The molecule has 1 N–H and O–H groups in total. The van der Waals surface area contributed by atoms with Crippen LogP contribution in [-0.2, 0) is 17.1 Å². The zero-order chi connectivity index (χ0) is 20.6. The van der Waals surface area contributed by atoms with Gasteiger partial charge in [0.1, 0.15) is 23.2 Å². The number of carbonyl (C=O) groups excluding carboxylic acids is 1. The average Bonchev–Trinajstić information content (AvgIpc) is 2.96. The second kappa shape index (κ2) is 7.16. The number of halogens is 2. The van der Waals surface area contributed by atoms with Crippen LogP contribution in [0, 0.1) is 25.5 Å². The Morgan fingerprint density at radius 3 is 2.36 bits per heavy atom. The Bertz CT molecular complexity index is 1170. The van der Waals surface area contributed by atoms with Gasteiger partial charge in [-0.1, -0.05) is 23.8 Å². The summed E-state index contributed by atoms with van der Waals surface area (Å²) in [5, 5.41) is 0. The van der Waals surface area contributed by atoms with Crippen molar-refractivity contribution in [2.45, 2.75) is 18.7 Å². The molecule has 0 aliphatic carbocycles. The minimum absolute atomic E-state index is 0.0391. The van der Waals surface area contributed by atoms with Gasteiger partial charge in [-0.3, -0.25) is 4.79 Å². The minimum Gasteiger partial charge on any atom is -0.333 e. The predicted molar refractivity (Wildman–Crippen MR) is 99.1 cm³/mol. The van der Waals surface area contributed by atoms with Crippen molar-refractivity contribution in [3.05, 3.63) is 71.1 Å². The molecule has 1 heterocycles. The van der Waals surface area contributed by atoms with Crippen molar-refractivity contribution in [2.24, 2.45) is 7.05 Å². The summed E-state index contributed by atoms with van der Waals surface area (Å²) in [5.74, 6) is -2.82. The number of sulfonamides is 1. The normalized spacial score (nSPS) is 11.5. The first kappa shape index (κ1) is 19.7. The lowest BCUT2D eigenvalue weighted by molar-refractivity contribution is 0.0977. The summed E-state index contributed by atoms with van der Waals surface area (Å²) >= 11 is 0. The summed E-state index contributed by atoms with van der Waals surface area (Å²) in [6.07, 6.45) is 1.20. The second-order valence-corrected chi connectivity index (χ2v) is 8.01. The van der Waals surface area contributed by atoms with E-state index in [-0.39, 0.29) is 16.4 Å². The molecule has 146 valence electrons. The third-order valence-corrected chi connectivity index (χ3v) is 5.63. The molecular weight excluding hydrogens is 388 g/mol. The summed E-state index contributed by atoms with van der Waals surface area (Å²) in [6.45, 7) is 3.44. The molecule has 0 bridgehead atoms. The number of nitrogens with zero attached hydrogens (tertiary/aromatic N) is 2. The molecule has 3 rings (SSSR count). The summed E-state index contributed by atoms with van der Waals surface area (Å²) in [6, 6.07) is 8.04. The Morgan fingerprint density at radius 2 is 1.75 bits per heavy atom. The topological polar surface area (TPSA) is 81.1 Å². The molecule has 28 heavy (non-hydrogen) atoms. The summed E-state index contributed by atoms with van der Waals surface area (Å²) < 4.78 is 56.3. The molecule has 0 aliphatic heterocycles. The number of aromatic nitrogens is 2. The highest BCUT2D eigenvalue weighted by Crippen LogP contribution is 2.25. The highest BCUT2D eigenvalue weighted by Gasteiger charge is 2.24. The van der Waals surface area contributed by atoms with Gasteiger partial charge in [-0.25, -0.2) is 26.9 Å². The zero-order valence-corrected chi connectivity index (χ0v) is 16.1. The monoisotopic (exact) mass is 405 g/mol. The minimum atomic E-state index is -4.14.